The van der Waals surface area contributed by atoms with Crippen molar-refractivity contribution in [1.82, 2.24) is 0 Å². The summed E-state index contributed by atoms with van der Waals surface area (Å²) in [6.07, 6.45) is 0.797. The maximum atomic E-state index is 12.8. The number of anilines is 3. The molecule has 2 aromatic rings. The molecule has 124 valence electrons. The maximum absolute atomic E-state index is 12.8. The second-order valence-electron chi connectivity index (χ2n) is 5.89. The van der Waals surface area contributed by atoms with Gasteiger partial charge in [0.15, 0.2) is 0 Å². The van der Waals surface area contributed by atoms with Crippen molar-refractivity contribution in [3.63, 3.8) is 0 Å². The summed E-state index contributed by atoms with van der Waals surface area (Å²) in [5.41, 5.74) is 3.13. The van der Waals surface area contributed by atoms with Crippen LogP contribution in [0.4, 0.5) is 17.1 Å². The van der Waals surface area contributed by atoms with Crippen molar-refractivity contribution in [2.75, 3.05) is 33.6 Å². The fourth-order valence-corrected chi connectivity index (χ4v) is 4.69. The molecule has 0 saturated heterocycles. The van der Waals surface area contributed by atoms with Crippen molar-refractivity contribution in [3.05, 3.63) is 54.1 Å². The largest absolute Gasteiger partial charge is 0.326 e. The second-order valence-corrected chi connectivity index (χ2v) is 7.78. The highest BCUT2D eigenvalue weighted by Crippen LogP contribution is 2.39. The second kappa shape index (κ2) is 5.24. The number of para-hydroxylation sites is 3. The number of amides is 1. The molecule has 0 spiro atoms. The summed E-state index contributed by atoms with van der Waals surface area (Å²) < 4.78 is 27.7. The SMILES string of the molecule is CN1c2ccccc2N(CC(=O)N2CCc3ccccc32)S1(=O)=O. The van der Waals surface area contributed by atoms with Gasteiger partial charge in [-0.25, -0.2) is 4.31 Å². The molecule has 0 atom stereocenters. The van der Waals surface area contributed by atoms with Crippen LogP contribution < -0.4 is 13.5 Å². The average Bonchev–Trinajstić information content (AvgIpc) is 3.09. The van der Waals surface area contributed by atoms with Gasteiger partial charge in [-0.15, -0.1) is 0 Å². The van der Waals surface area contributed by atoms with Gasteiger partial charge >= 0.3 is 10.2 Å². The molecule has 1 amide bonds. The summed E-state index contributed by atoms with van der Waals surface area (Å²) in [7, 11) is -2.20. The Bertz CT molecular complexity index is 926. The molecule has 0 unspecified atom stereocenters. The molecule has 24 heavy (non-hydrogen) atoms. The number of benzene rings is 2. The minimum Gasteiger partial charge on any atom is -0.310 e. The van der Waals surface area contributed by atoms with Crippen molar-refractivity contribution in [3.8, 4) is 0 Å². The number of rotatable bonds is 2. The molecule has 0 N–H and O–H groups in total. The number of nitrogens with zero attached hydrogens (tertiary/aromatic N) is 3. The smallest absolute Gasteiger partial charge is 0.310 e. The predicted octanol–water partition coefficient (Wildman–Crippen LogP) is 1.78. The molecule has 2 heterocycles. The lowest BCUT2D eigenvalue weighted by molar-refractivity contribution is -0.117. The first kappa shape index (κ1) is 15.0. The third-order valence-electron chi connectivity index (χ3n) is 4.58. The van der Waals surface area contributed by atoms with Crippen LogP contribution in [0.15, 0.2) is 48.5 Å². The summed E-state index contributed by atoms with van der Waals surface area (Å²) in [4.78, 5) is 14.4. The van der Waals surface area contributed by atoms with Crippen LogP contribution in [0.2, 0.25) is 0 Å². The monoisotopic (exact) mass is 343 g/mol. The summed E-state index contributed by atoms with van der Waals surface area (Å²) >= 11 is 0. The normalized spacial score (nSPS) is 17.8. The molecule has 0 aromatic heterocycles. The van der Waals surface area contributed by atoms with Crippen LogP contribution in [0.25, 0.3) is 0 Å². The number of hydrogen-bond donors (Lipinski definition) is 0. The Hall–Kier alpha value is -2.54. The Labute approximate surface area is 141 Å². The highest BCUT2D eigenvalue weighted by molar-refractivity contribution is 7.94. The maximum Gasteiger partial charge on any atom is 0.326 e. The zero-order valence-electron chi connectivity index (χ0n) is 13.2. The minimum absolute atomic E-state index is 0.196. The third kappa shape index (κ3) is 2.08. The molecule has 0 saturated carbocycles. The molecule has 2 aliphatic heterocycles. The number of fused-ring (bicyclic) bond motifs is 2. The van der Waals surface area contributed by atoms with Crippen LogP contribution >= 0.6 is 0 Å². The van der Waals surface area contributed by atoms with E-state index in [1.165, 1.54) is 15.7 Å². The molecule has 0 radical (unpaired) electrons. The Balaban J connectivity index is 1.65. The molecule has 2 aromatic carbocycles. The molecule has 4 rings (SSSR count). The van der Waals surface area contributed by atoms with E-state index >= 15 is 0 Å². The third-order valence-corrected chi connectivity index (χ3v) is 6.35. The van der Waals surface area contributed by atoms with E-state index in [0.29, 0.717) is 17.9 Å². The van der Waals surface area contributed by atoms with E-state index in [2.05, 4.69) is 0 Å². The summed E-state index contributed by atoms with van der Waals surface area (Å²) in [6, 6.07) is 14.8. The predicted molar refractivity (Wildman–Crippen MR) is 93.6 cm³/mol. The van der Waals surface area contributed by atoms with Crippen molar-refractivity contribution in [2.45, 2.75) is 6.42 Å². The van der Waals surface area contributed by atoms with Crippen LogP contribution in [0.1, 0.15) is 5.56 Å². The van der Waals surface area contributed by atoms with Gasteiger partial charge in [-0.3, -0.25) is 9.10 Å². The standard InChI is InChI=1S/C17H17N3O3S/c1-18-15-8-4-5-9-16(15)20(24(18,22)23)12-17(21)19-11-10-13-6-2-3-7-14(13)19/h2-9H,10-12H2,1H3. The van der Waals surface area contributed by atoms with Crippen molar-refractivity contribution in [2.24, 2.45) is 0 Å². The topological polar surface area (TPSA) is 60.9 Å². The number of carbonyl (C=O) groups excluding carboxylic acids is 1. The van der Waals surface area contributed by atoms with Crippen LogP contribution in [0, 0.1) is 0 Å². The molecule has 0 fully saturated rings. The van der Waals surface area contributed by atoms with Gasteiger partial charge in [0.2, 0.25) is 5.91 Å². The van der Waals surface area contributed by atoms with Gasteiger partial charge in [0, 0.05) is 19.3 Å². The zero-order valence-corrected chi connectivity index (χ0v) is 14.0. The average molecular weight is 343 g/mol. The van der Waals surface area contributed by atoms with Gasteiger partial charge in [-0.2, -0.15) is 8.42 Å². The van der Waals surface area contributed by atoms with E-state index in [0.717, 1.165) is 17.7 Å². The molecule has 7 heteroatoms. The van der Waals surface area contributed by atoms with Crippen LogP contribution in [0.3, 0.4) is 0 Å². The van der Waals surface area contributed by atoms with Gasteiger partial charge in [0.1, 0.15) is 6.54 Å². The van der Waals surface area contributed by atoms with Gasteiger partial charge < -0.3 is 4.90 Å². The lowest BCUT2D eigenvalue weighted by Crippen LogP contribution is -2.43. The van der Waals surface area contributed by atoms with Gasteiger partial charge in [0.25, 0.3) is 0 Å². The van der Waals surface area contributed by atoms with Crippen LogP contribution in [0.5, 0.6) is 0 Å². The fraction of sp³-hybridized carbons (Fsp3) is 0.235. The van der Waals surface area contributed by atoms with E-state index in [9.17, 15) is 13.2 Å². The van der Waals surface area contributed by atoms with E-state index in [-0.39, 0.29) is 12.5 Å². The lowest BCUT2D eigenvalue weighted by atomic mass is 10.2. The first-order chi connectivity index (χ1) is 11.5. The van der Waals surface area contributed by atoms with Crippen molar-refractivity contribution < 1.29 is 13.2 Å². The summed E-state index contributed by atoms with van der Waals surface area (Å²) in [6.45, 7) is 0.390. The van der Waals surface area contributed by atoms with Gasteiger partial charge in [-0.1, -0.05) is 30.3 Å². The van der Waals surface area contributed by atoms with Gasteiger partial charge in [-0.05, 0) is 30.2 Å². The van der Waals surface area contributed by atoms with E-state index in [1.807, 2.05) is 24.3 Å². The highest BCUT2D eigenvalue weighted by atomic mass is 32.2. The summed E-state index contributed by atoms with van der Waals surface area (Å²) in [5, 5.41) is 0. The first-order valence-electron chi connectivity index (χ1n) is 7.74. The molecule has 6 nitrogen and oxygen atoms in total. The van der Waals surface area contributed by atoms with Crippen molar-refractivity contribution >= 4 is 33.2 Å². The summed E-state index contributed by atoms with van der Waals surface area (Å²) in [5.74, 6) is -0.214. The fourth-order valence-electron chi connectivity index (χ4n) is 3.31. The van der Waals surface area contributed by atoms with Gasteiger partial charge in [0.05, 0.1) is 11.4 Å². The number of carbonyl (C=O) groups is 1. The Morgan fingerprint density at radius 1 is 1.00 bits per heavy atom. The molecular formula is C17H17N3O3S. The first-order valence-corrected chi connectivity index (χ1v) is 9.14. The Kier molecular flexibility index (Phi) is 3.28. The lowest BCUT2D eigenvalue weighted by Gasteiger charge is -2.23. The Morgan fingerprint density at radius 3 is 2.38 bits per heavy atom. The number of hydrogen-bond acceptors (Lipinski definition) is 3. The van der Waals surface area contributed by atoms with Crippen LogP contribution in [-0.2, 0) is 21.4 Å². The highest BCUT2D eigenvalue weighted by Gasteiger charge is 2.40. The molecule has 2 aliphatic rings. The van der Waals surface area contributed by atoms with Crippen molar-refractivity contribution in [1.29, 1.82) is 0 Å². The quantitative estimate of drug-likeness (QED) is 0.835. The molecular weight excluding hydrogens is 326 g/mol. The molecule has 0 aliphatic carbocycles. The van der Waals surface area contributed by atoms with E-state index in [1.54, 1.807) is 29.2 Å². The Morgan fingerprint density at radius 2 is 1.62 bits per heavy atom. The van der Waals surface area contributed by atoms with E-state index < -0.39 is 10.2 Å². The zero-order chi connectivity index (χ0) is 16.9. The van der Waals surface area contributed by atoms with Crippen LogP contribution in [-0.4, -0.2) is 34.5 Å². The molecule has 0 bridgehead atoms. The minimum atomic E-state index is -3.71. The van der Waals surface area contributed by atoms with E-state index in [4.69, 9.17) is 0 Å².